The number of benzene rings is 1. The molecule has 1 heterocycles. The fourth-order valence-electron chi connectivity index (χ4n) is 3.18. The molecule has 3 nitrogen and oxygen atoms in total. The van der Waals surface area contributed by atoms with Crippen molar-refractivity contribution in [3.8, 4) is 0 Å². The van der Waals surface area contributed by atoms with Gasteiger partial charge in [0.2, 0.25) is 0 Å². The minimum absolute atomic E-state index is 0.0340. The standard InChI is InChI=1S/C22H38N2O/c1-18(21(2,3)4)19-8-10-20(11-9-19)24-14-12-23(13-15-24)16-17-25-22(5,6)7/h8-11,18H,12-17H2,1-7H3. The van der Waals surface area contributed by atoms with E-state index in [-0.39, 0.29) is 5.60 Å². The van der Waals surface area contributed by atoms with Gasteiger partial charge >= 0.3 is 0 Å². The molecule has 25 heavy (non-hydrogen) atoms. The van der Waals surface area contributed by atoms with Crippen LogP contribution in [0.15, 0.2) is 24.3 Å². The number of hydrogen-bond donors (Lipinski definition) is 0. The van der Waals surface area contributed by atoms with Gasteiger partial charge in [-0.05, 0) is 49.8 Å². The number of anilines is 1. The molecular weight excluding hydrogens is 308 g/mol. The van der Waals surface area contributed by atoms with Crippen molar-refractivity contribution in [1.29, 1.82) is 0 Å². The second kappa shape index (κ2) is 8.09. The zero-order valence-corrected chi connectivity index (χ0v) is 17.4. The van der Waals surface area contributed by atoms with Crippen molar-refractivity contribution in [2.75, 3.05) is 44.2 Å². The van der Waals surface area contributed by atoms with E-state index in [1.165, 1.54) is 11.3 Å². The van der Waals surface area contributed by atoms with Crippen molar-refractivity contribution >= 4 is 5.69 Å². The van der Waals surface area contributed by atoms with E-state index >= 15 is 0 Å². The average Bonchev–Trinajstić information content (AvgIpc) is 2.53. The van der Waals surface area contributed by atoms with Crippen LogP contribution in [-0.4, -0.2) is 49.8 Å². The van der Waals surface area contributed by atoms with Crippen LogP contribution >= 0.6 is 0 Å². The summed E-state index contributed by atoms with van der Waals surface area (Å²) in [5.41, 5.74) is 3.07. The Labute approximate surface area is 155 Å². The highest BCUT2D eigenvalue weighted by molar-refractivity contribution is 5.48. The highest BCUT2D eigenvalue weighted by Crippen LogP contribution is 2.35. The van der Waals surface area contributed by atoms with Crippen LogP contribution in [0.5, 0.6) is 0 Å². The van der Waals surface area contributed by atoms with Crippen molar-refractivity contribution in [3.63, 3.8) is 0 Å². The highest BCUT2D eigenvalue weighted by atomic mass is 16.5. The van der Waals surface area contributed by atoms with Crippen molar-refractivity contribution < 1.29 is 4.74 Å². The third-order valence-electron chi connectivity index (χ3n) is 5.37. The van der Waals surface area contributed by atoms with E-state index in [1.807, 2.05) is 0 Å². The van der Waals surface area contributed by atoms with Gasteiger partial charge in [-0.25, -0.2) is 0 Å². The summed E-state index contributed by atoms with van der Waals surface area (Å²) in [7, 11) is 0. The van der Waals surface area contributed by atoms with Crippen LogP contribution in [0.2, 0.25) is 0 Å². The fraction of sp³-hybridized carbons (Fsp3) is 0.727. The Balaban J connectivity index is 1.83. The van der Waals surface area contributed by atoms with Crippen LogP contribution in [0.4, 0.5) is 5.69 Å². The van der Waals surface area contributed by atoms with E-state index in [0.717, 1.165) is 39.3 Å². The summed E-state index contributed by atoms with van der Waals surface area (Å²) in [6.45, 7) is 21.9. The first kappa shape index (κ1) is 20.3. The molecule has 0 aromatic heterocycles. The van der Waals surface area contributed by atoms with E-state index in [9.17, 15) is 0 Å². The van der Waals surface area contributed by atoms with Gasteiger partial charge in [0.1, 0.15) is 0 Å². The van der Waals surface area contributed by atoms with Crippen molar-refractivity contribution in [1.82, 2.24) is 4.90 Å². The maximum Gasteiger partial charge on any atom is 0.0600 e. The van der Waals surface area contributed by atoms with Gasteiger partial charge in [-0.1, -0.05) is 39.8 Å². The molecule has 1 atom stereocenters. The molecule has 0 amide bonds. The zero-order valence-electron chi connectivity index (χ0n) is 17.4. The molecule has 0 spiro atoms. The maximum absolute atomic E-state index is 5.85. The van der Waals surface area contributed by atoms with Crippen LogP contribution < -0.4 is 4.90 Å². The Morgan fingerprint density at radius 2 is 1.48 bits per heavy atom. The SMILES string of the molecule is CC(c1ccc(N2CCN(CCOC(C)(C)C)CC2)cc1)C(C)(C)C. The summed E-state index contributed by atoms with van der Waals surface area (Å²) < 4.78 is 5.85. The first-order chi connectivity index (χ1) is 11.6. The van der Waals surface area contributed by atoms with Crippen molar-refractivity contribution in [2.45, 2.75) is 60.0 Å². The first-order valence-corrected chi connectivity index (χ1v) is 9.77. The Morgan fingerprint density at radius 3 is 1.96 bits per heavy atom. The van der Waals surface area contributed by atoms with Crippen LogP contribution in [-0.2, 0) is 4.74 Å². The molecule has 1 unspecified atom stereocenters. The predicted octanol–water partition coefficient (Wildman–Crippen LogP) is 4.77. The molecule has 2 rings (SSSR count). The number of hydrogen-bond acceptors (Lipinski definition) is 3. The lowest BCUT2D eigenvalue weighted by molar-refractivity contribution is -0.0135. The lowest BCUT2D eigenvalue weighted by atomic mass is 9.78. The summed E-state index contributed by atoms with van der Waals surface area (Å²) in [5, 5.41) is 0. The van der Waals surface area contributed by atoms with Gasteiger partial charge in [0.25, 0.3) is 0 Å². The second-order valence-corrected chi connectivity index (χ2v) is 9.47. The van der Waals surface area contributed by atoms with Crippen molar-refractivity contribution in [2.24, 2.45) is 5.41 Å². The Morgan fingerprint density at radius 1 is 0.920 bits per heavy atom. The van der Waals surface area contributed by atoms with Gasteiger partial charge in [-0.3, -0.25) is 4.90 Å². The largest absolute Gasteiger partial charge is 0.375 e. The topological polar surface area (TPSA) is 15.7 Å². The fourth-order valence-corrected chi connectivity index (χ4v) is 3.18. The van der Waals surface area contributed by atoms with E-state index in [4.69, 9.17) is 4.74 Å². The highest BCUT2D eigenvalue weighted by Gasteiger charge is 2.22. The van der Waals surface area contributed by atoms with Crippen LogP contribution in [0.25, 0.3) is 0 Å². The van der Waals surface area contributed by atoms with Crippen molar-refractivity contribution in [3.05, 3.63) is 29.8 Å². The van der Waals surface area contributed by atoms with Gasteiger partial charge in [0, 0.05) is 38.4 Å². The quantitative estimate of drug-likeness (QED) is 0.763. The summed E-state index contributed by atoms with van der Waals surface area (Å²) in [6, 6.07) is 9.23. The Bertz CT molecular complexity index is 516. The Kier molecular flexibility index (Phi) is 6.56. The van der Waals surface area contributed by atoms with E-state index in [0.29, 0.717) is 11.3 Å². The molecule has 142 valence electrons. The number of nitrogens with zero attached hydrogens (tertiary/aromatic N) is 2. The molecule has 1 aliphatic rings. The number of rotatable bonds is 5. The van der Waals surface area contributed by atoms with Gasteiger partial charge in [-0.2, -0.15) is 0 Å². The summed E-state index contributed by atoms with van der Waals surface area (Å²) >= 11 is 0. The molecule has 1 saturated heterocycles. The molecule has 1 aliphatic heterocycles. The Hall–Kier alpha value is -1.06. The smallest absolute Gasteiger partial charge is 0.0600 e. The number of piperazine rings is 1. The average molecular weight is 347 g/mol. The predicted molar refractivity (Wildman–Crippen MR) is 109 cm³/mol. The lowest BCUT2D eigenvalue weighted by Gasteiger charge is -2.36. The minimum atomic E-state index is -0.0340. The van der Waals surface area contributed by atoms with Crippen LogP contribution in [0.3, 0.4) is 0 Å². The molecular formula is C22H38N2O. The first-order valence-electron chi connectivity index (χ1n) is 9.77. The third kappa shape index (κ3) is 6.31. The van der Waals surface area contributed by atoms with Crippen LogP contribution in [0, 0.1) is 5.41 Å². The molecule has 1 aromatic carbocycles. The summed E-state index contributed by atoms with van der Waals surface area (Å²) in [6.07, 6.45) is 0. The molecule has 3 heteroatoms. The molecule has 1 fully saturated rings. The van der Waals surface area contributed by atoms with Gasteiger partial charge in [-0.15, -0.1) is 0 Å². The summed E-state index contributed by atoms with van der Waals surface area (Å²) in [5.74, 6) is 0.571. The normalized spacial score (nSPS) is 18.4. The molecule has 1 aromatic rings. The van der Waals surface area contributed by atoms with E-state index in [2.05, 4.69) is 82.5 Å². The summed E-state index contributed by atoms with van der Waals surface area (Å²) in [4.78, 5) is 5.02. The van der Waals surface area contributed by atoms with Gasteiger partial charge in [0.15, 0.2) is 0 Å². The molecule has 0 saturated carbocycles. The lowest BCUT2D eigenvalue weighted by Crippen LogP contribution is -2.47. The minimum Gasteiger partial charge on any atom is -0.375 e. The maximum atomic E-state index is 5.85. The monoisotopic (exact) mass is 346 g/mol. The second-order valence-electron chi connectivity index (χ2n) is 9.47. The third-order valence-corrected chi connectivity index (χ3v) is 5.37. The van der Waals surface area contributed by atoms with Gasteiger partial charge < -0.3 is 9.64 Å². The van der Waals surface area contributed by atoms with E-state index in [1.54, 1.807) is 0 Å². The molecule has 0 bridgehead atoms. The molecule has 0 N–H and O–H groups in total. The molecule has 0 radical (unpaired) electrons. The van der Waals surface area contributed by atoms with Crippen LogP contribution in [0.1, 0.15) is 59.9 Å². The van der Waals surface area contributed by atoms with E-state index < -0.39 is 0 Å². The number of ether oxygens (including phenoxy) is 1. The zero-order chi connectivity index (χ0) is 18.7. The van der Waals surface area contributed by atoms with Gasteiger partial charge in [0.05, 0.1) is 12.2 Å². The molecule has 0 aliphatic carbocycles.